The van der Waals surface area contributed by atoms with Crippen molar-refractivity contribution in [1.82, 2.24) is 19.8 Å². The molecule has 3 rings (SSSR count). The van der Waals surface area contributed by atoms with Crippen molar-refractivity contribution in [2.75, 3.05) is 37.6 Å². The van der Waals surface area contributed by atoms with Gasteiger partial charge in [-0.15, -0.1) is 24.0 Å². The van der Waals surface area contributed by atoms with Gasteiger partial charge in [0, 0.05) is 52.2 Å². The maximum absolute atomic E-state index is 12.3. The third kappa shape index (κ3) is 5.49. The van der Waals surface area contributed by atoms with Gasteiger partial charge in [-0.05, 0) is 19.1 Å². The number of nitrogens with zero attached hydrogens (tertiary/aromatic N) is 5. The lowest BCUT2D eigenvalue weighted by Gasteiger charge is -2.36. The van der Waals surface area contributed by atoms with Gasteiger partial charge in [-0.2, -0.15) is 0 Å². The fraction of sp³-hybridized carbons (Fsp3) is 0.444. The Morgan fingerprint density at radius 3 is 2.66 bits per heavy atom. The van der Waals surface area contributed by atoms with Gasteiger partial charge in [-0.3, -0.25) is 9.59 Å². The lowest BCUT2D eigenvalue weighted by Crippen LogP contribution is -2.53. The van der Waals surface area contributed by atoms with Crippen LogP contribution in [-0.4, -0.2) is 59.0 Å². The van der Waals surface area contributed by atoms with Crippen LogP contribution in [0.5, 0.6) is 0 Å². The molecule has 1 aliphatic heterocycles. The summed E-state index contributed by atoms with van der Waals surface area (Å²) >= 11 is 0. The largest absolute Gasteiger partial charge is 0.454 e. The number of amides is 1. The molecule has 0 atom stereocenters. The van der Waals surface area contributed by atoms with E-state index in [9.17, 15) is 9.59 Å². The summed E-state index contributed by atoms with van der Waals surface area (Å²) in [5.74, 6) is 1.33. The quantitative estimate of drug-likeness (QED) is 0.336. The predicted molar refractivity (Wildman–Crippen MR) is 121 cm³/mol. The van der Waals surface area contributed by atoms with Crippen molar-refractivity contribution in [1.29, 1.82) is 0 Å². The molecule has 0 aromatic carbocycles. The summed E-state index contributed by atoms with van der Waals surface area (Å²) in [6.07, 6.45) is 3.29. The van der Waals surface area contributed by atoms with Crippen molar-refractivity contribution in [2.24, 2.45) is 17.8 Å². The Hall–Kier alpha value is -2.57. The van der Waals surface area contributed by atoms with Crippen molar-refractivity contribution in [3.8, 4) is 0 Å². The average Bonchev–Trinajstić information content (AvgIpc) is 3.17. The molecule has 0 radical (unpaired) electrons. The molecule has 29 heavy (non-hydrogen) atoms. The fourth-order valence-corrected chi connectivity index (χ4v) is 3.01. The van der Waals surface area contributed by atoms with Crippen LogP contribution in [0, 0.1) is 0 Å². The average molecular weight is 515 g/mol. The number of halogens is 1. The molecule has 0 unspecified atom stereocenters. The number of anilines is 1. The van der Waals surface area contributed by atoms with E-state index in [1.165, 1.54) is 4.57 Å². The van der Waals surface area contributed by atoms with Crippen LogP contribution in [0.15, 0.2) is 38.7 Å². The number of hydrogen-bond donors (Lipinski definition) is 2. The highest BCUT2D eigenvalue weighted by Crippen LogP contribution is 2.11. The van der Waals surface area contributed by atoms with Gasteiger partial charge in [0.2, 0.25) is 0 Å². The smallest absolute Gasteiger partial charge is 0.293 e. The summed E-state index contributed by atoms with van der Waals surface area (Å²) < 4.78 is 6.91. The summed E-state index contributed by atoms with van der Waals surface area (Å²) in [5.41, 5.74) is 5.11. The van der Waals surface area contributed by atoms with E-state index >= 15 is 0 Å². The zero-order valence-electron chi connectivity index (χ0n) is 16.5. The van der Waals surface area contributed by atoms with Crippen LogP contribution >= 0.6 is 24.0 Å². The second-order valence-electron chi connectivity index (χ2n) is 6.44. The summed E-state index contributed by atoms with van der Waals surface area (Å²) in [6, 6.07) is 3.24. The number of aromatic nitrogens is 2. The van der Waals surface area contributed by atoms with Gasteiger partial charge in [0.15, 0.2) is 17.5 Å². The second-order valence-corrected chi connectivity index (χ2v) is 6.44. The van der Waals surface area contributed by atoms with Crippen LogP contribution < -0.4 is 21.5 Å². The summed E-state index contributed by atoms with van der Waals surface area (Å²) in [7, 11) is 1.72. The van der Waals surface area contributed by atoms with Crippen LogP contribution in [0.4, 0.5) is 5.82 Å². The Kier molecular flexibility index (Phi) is 8.05. The van der Waals surface area contributed by atoms with Gasteiger partial charge in [0.1, 0.15) is 12.3 Å². The van der Waals surface area contributed by atoms with Gasteiger partial charge in [-0.25, -0.2) is 9.98 Å². The number of carbonyl (C=O) groups is 1. The molecule has 0 aliphatic carbocycles. The van der Waals surface area contributed by atoms with Crippen molar-refractivity contribution in [3.05, 3.63) is 46.4 Å². The topological polar surface area (TPSA) is 122 Å². The van der Waals surface area contributed by atoms with Crippen molar-refractivity contribution in [3.63, 3.8) is 0 Å². The van der Waals surface area contributed by atoms with Crippen molar-refractivity contribution < 1.29 is 9.21 Å². The molecule has 1 fully saturated rings. The molecule has 2 aromatic heterocycles. The Morgan fingerprint density at radius 1 is 1.31 bits per heavy atom. The Morgan fingerprint density at radius 2 is 2.03 bits per heavy atom. The first kappa shape index (κ1) is 22.7. The lowest BCUT2D eigenvalue weighted by molar-refractivity contribution is 0.0972. The molecule has 0 saturated carbocycles. The molecule has 0 spiro atoms. The summed E-state index contributed by atoms with van der Waals surface area (Å²) in [4.78, 5) is 36.4. The number of aryl methyl sites for hydroxylation is 1. The van der Waals surface area contributed by atoms with Gasteiger partial charge in [0.05, 0.1) is 0 Å². The summed E-state index contributed by atoms with van der Waals surface area (Å²) in [6.45, 7) is 5.78. The second kappa shape index (κ2) is 10.3. The highest BCUT2D eigenvalue weighted by Gasteiger charge is 2.22. The standard InChI is InChI=1S/C18H25N7O3.HI/c1-3-20-18(22-12-13-4-5-14(28-13)15(19)26)25-10-8-24(9-11-25)16-17(27)23(2)7-6-21-16;/h4-7H,3,8-12H2,1-2H3,(H2,19,26)(H,20,22);1H. The predicted octanol–water partition coefficient (Wildman–Crippen LogP) is 0.378. The number of carbonyl (C=O) groups excluding carboxylic acids is 1. The first-order chi connectivity index (χ1) is 13.5. The van der Waals surface area contributed by atoms with E-state index in [0.29, 0.717) is 44.3 Å². The molecule has 11 heteroatoms. The Bertz CT molecular complexity index is 916. The highest BCUT2D eigenvalue weighted by atomic mass is 127. The molecule has 1 amide bonds. The molecular formula is C18H26IN7O3. The van der Waals surface area contributed by atoms with Crippen LogP contribution in [0.3, 0.4) is 0 Å². The summed E-state index contributed by atoms with van der Waals surface area (Å²) in [5, 5.41) is 3.27. The Labute approximate surface area is 185 Å². The maximum atomic E-state index is 12.3. The van der Waals surface area contributed by atoms with Gasteiger partial charge in [0.25, 0.3) is 11.5 Å². The molecule has 158 valence electrons. The minimum absolute atomic E-state index is 0. The number of guanidine groups is 1. The van der Waals surface area contributed by atoms with Crippen LogP contribution in [0.25, 0.3) is 0 Å². The molecule has 1 aliphatic rings. The number of nitrogens with two attached hydrogens (primary N) is 1. The van der Waals surface area contributed by atoms with Crippen molar-refractivity contribution >= 4 is 41.7 Å². The third-order valence-electron chi connectivity index (χ3n) is 4.50. The normalized spacial score (nSPS) is 14.5. The molecule has 10 nitrogen and oxygen atoms in total. The number of furan rings is 1. The monoisotopic (exact) mass is 515 g/mol. The van der Waals surface area contributed by atoms with E-state index in [1.807, 2.05) is 11.8 Å². The Balaban J connectivity index is 0.00000300. The highest BCUT2D eigenvalue weighted by molar-refractivity contribution is 14.0. The number of piperazine rings is 1. The van der Waals surface area contributed by atoms with E-state index in [-0.39, 0.29) is 35.3 Å². The fourth-order valence-electron chi connectivity index (χ4n) is 3.01. The number of rotatable bonds is 5. The SMILES string of the molecule is CCNC(=NCc1ccc(C(N)=O)o1)N1CCN(c2nccn(C)c2=O)CC1.I. The number of hydrogen-bond acceptors (Lipinski definition) is 6. The van der Waals surface area contributed by atoms with Gasteiger partial charge < -0.3 is 29.8 Å². The van der Waals surface area contributed by atoms with Crippen LogP contribution in [0.2, 0.25) is 0 Å². The number of nitrogens with one attached hydrogen (secondary N) is 1. The third-order valence-corrected chi connectivity index (χ3v) is 4.50. The molecule has 3 heterocycles. The lowest BCUT2D eigenvalue weighted by atomic mass is 10.3. The van der Waals surface area contributed by atoms with Crippen molar-refractivity contribution in [2.45, 2.75) is 13.5 Å². The molecule has 0 bridgehead atoms. The van der Waals surface area contributed by atoms with E-state index in [1.54, 1.807) is 31.6 Å². The van der Waals surface area contributed by atoms with E-state index < -0.39 is 5.91 Å². The maximum Gasteiger partial charge on any atom is 0.293 e. The number of primary amides is 1. The molecule has 2 aromatic rings. The van der Waals surface area contributed by atoms with E-state index in [0.717, 1.165) is 12.5 Å². The van der Waals surface area contributed by atoms with Gasteiger partial charge in [-0.1, -0.05) is 0 Å². The minimum Gasteiger partial charge on any atom is -0.454 e. The van der Waals surface area contributed by atoms with E-state index in [2.05, 4.69) is 20.2 Å². The first-order valence-electron chi connectivity index (χ1n) is 9.18. The minimum atomic E-state index is -0.598. The van der Waals surface area contributed by atoms with Crippen LogP contribution in [-0.2, 0) is 13.6 Å². The number of aliphatic imine (C=N–C) groups is 1. The molecular weight excluding hydrogens is 489 g/mol. The molecule has 3 N–H and O–H groups in total. The zero-order chi connectivity index (χ0) is 20.1. The van der Waals surface area contributed by atoms with Crippen LogP contribution in [0.1, 0.15) is 23.2 Å². The molecule has 1 saturated heterocycles. The van der Waals surface area contributed by atoms with Gasteiger partial charge >= 0.3 is 0 Å². The first-order valence-corrected chi connectivity index (χ1v) is 9.18. The zero-order valence-corrected chi connectivity index (χ0v) is 18.8. The van der Waals surface area contributed by atoms with E-state index in [4.69, 9.17) is 10.2 Å².